The van der Waals surface area contributed by atoms with Gasteiger partial charge in [0.1, 0.15) is 0 Å². The van der Waals surface area contributed by atoms with E-state index in [4.69, 9.17) is 2.69 Å². The molecule has 0 spiro atoms. The number of carbonyl (C=O) groups excluding carboxylic acids is 1. The maximum absolute atomic E-state index is 13.2. The summed E-state index contributed by atoms with van der Waals surface area (Å²) in [6, 6.07) is 40.8. The fourth-order valence-corrected chi connectivity index (χ4v) is 19.2. The Morgan fingerprint density at radius 2 is 0.967 bits per heavy atom. The summed E-state index contributed by atoms with van der Waals surface area (Å²) in [6.45, 7) is 0. The SMILES string of the molecule is O=C(CSc1ccccc1)[O][Pb]([c]1ccccc1)([c]1ccccc1)[c]1ccccc1. The quantitative estimate of drug-likeness (QED) is 0.236. The van der Waals surface area contributed by atoms with Crippen molar-refractivity contribution in [3.63, 3.8) is 0 Å². The first kappa shape index (κ1) is 20.9. The third-order valence-corrected chi connectivity index (χ3v) is 21.3. The summed E-state index contributed by atoms with van der Waals surface area (Å²) in [6.07, 6.45) is 0. The Morgan fingerprint density at radius 3 is 1.37 bits per heavy atom. The van der Waals surface area contributed by atoms with E-state index in [-0.39, 0.29) is 11.7 Å². The van der Waals surface area contributed by atoms with Crippen molar-refractivity contribution in [2.45, 2.75) is 4.90 Å². The topological polar surface area (TPSA) is 26.3 Å². The van der Waals surface area contributed by atoms with Crippen LogP contribution in [0.1, 0.15) is 0 Å². The number of thioether (sulfide) groups is 1. The number of carbonyl (C=O) groups is 1. The third-order valence-electron chi connectivity index (χ3n) is 4.91. The Balaban J connectivity index is 1.76. The van der Waals surface area contributed by atoms with Gasteiger partial charge in [-0.2, -0.15) is 0 Å². The molecule has 30 heavy (non-hydrogen) atoms. The van der Waals surface area contributed by atoms with Crippen LogP contribution in [-0.4, -0.2) is 33.3 Å². The van der Waals surface area contributed by atoms with Crippen LogP contribution in [0.25, 0.3) is 0 Å². The average molecular weight is 606 g/mol. The molecule has 4 rings (SSSR count). The molecule has 2 nitrogen and oxygen atoms in total. The Labute approximate surface area is 187 Å². The van der Waals surface area contributed by atoms with Crippen LogP contribution in [0.5, 0.6) is 0 Å². The zero-order valence-electron chi connectivity index (χ0n) is 16.5. The molecule has 0 saturated carbocycles. The summed E-state index contributed by atoms with van der Waals surface area (Å²) >= 11 is -2.66. The Morgan fingerprint density at radius 1 is 0.600 bits per heavy atom. The summed E-state index contributed by atoms with van der Waals surface area (Å²) in [4.78, 5) is 14.2. The van der Waals surface area contributed by atoms with Gasteiger partial charge in [-0.15, -0.1) is 0 Å². The van der Waals surface area contributed by atoms with E-state index in [1.165, 1.54) is 11.8 Å². The normalized spacial score (nSPS) is 11.1. The summed E-state index contributed by atoms with van der Waals surface area (Å²) in [5.74, 6) is 0.125. The fourth-order valence-electron chi connectivity index (χ4n) is 3.55. The van der Waals surface area contributed by atoms with E-state index < -0.39 is 21.6 Å². The van der Waals surface area contributed by atoms with Crippen molar-refractivity contribution in [1.29, 1.82) is 0 Å². The molecule has 148 valence electrons. The molecule has 0 N–H and O–H groups in total. The van der Waals surface area contributed by atoms with E-state index in [0.717, 1.165) is 14.3 Å². The fraction of sp³-hybridized carbons (Fsp3) is 0.0385. The molecule has 0 radical (unpaired) electrons. The van der Waals surface area contributed by atoms with Crippen molar-refractivity contribution in [3.05, 3.63) is 121 Å². The first-order chi connectivity index (χ1) is 14.8. The van der Waals surface area contributed by atoms with E-state index in [1.807, 2.05) is 84.9 Å². The summed E-state index contributed by atoms with van der Waals surface area (Å²) in [5.41, 5.74) is 0. The van der Waals surface area contributed by atoms with Gasteiger partial charge in [0.15, 0.2) is 0 Å². The molecule has 0 heterocycles. The van der Waals surface area contributed by atoms with Crippen LogP contribution in [-0.2, 0) is 7.48 Å². The van der Waals surface area contributed by atoms with E-state index in [9.17, 15) is 4.79 Å². The molecule has 4 heteroatoms. The van der Waals surface area contributed by atoms with Gasteiger partial charge in [-0.1, -0.05) is 0 Å². The Bertz CT molecular complexity index is 974. The number of rotatable bonds is 7. The molecule has 0 atom stereocenters. The zero-order chi connectivity index (χ0) is 20.7. The minimum atomic E-state index is -4.17. The first-order valence-corrected chi connectivity index (χ1v) is 18.3. The van der Waals surface area contributed by atoms with Gasteiger partial charge < -0.3 is 0 Å². The average Bonchev–Trinajstić information content (AvgIpc) is 2.83. The second kappa shape index (κ2) is 10.1. The predicted molar refractivity (Wildman–Crippen MR) is 127 cm³/mol. The van der Waals surface area contributed by atoms with Crippen LogP contribution in [0, 0.1) is 0 Å². The molecule has 0 bridgehead atoms. The molecule has 0 fully saturated rings. The first-order valence-electron chi connectivity index (χ1n) is 9.85. The van der Waals surface area contributed by atoms with Crippen LogP contribution in [0.4, 0.5) is 0 Å². The molecule has 0 aliphatic rings. The van der Waals surface area contributed by atoms with E-state index in [2.05, 4.69) is 36.4 Å². The molecular formula is C26H22O2PbS. The summed E-state index contributed by atoms with van der Waals surface area (Å²) < 4.78 is 10.00. The molecular weight excluding hydrogens is 584 g/mol. The minimum absolute atomic E-state index is 0.165. The van der Waals surface area contributed by atoms with Crippen molar-refractivity contribution < 1.29 is 7.48 Å². The summed E-state index contributed by atoms with van der Waals surface area (Å²) in [5, 5.41) is 0. The van der Waals surface area contributed by atoms with Crippen LogP contribution in [0.3, 0.4) is 0 Å². The van der Waals surface area contributed by atoms with Gasteiger partial charge >= 0.3 is 188 Å². The monoisotopic (exact) mass is 606 g/mol. The second-order valence-corrected chi connectivity index (χ2v) is 20.7. The van der Waals surface area contributed by atoms with E-state index >= 15 is 0 Å². The van der Waals surface area contributed by atoms with Crippen LogP contribution in [0.15, 0.2) is 126 Å². The van der Waals surface area contributed by atoms with Crippen molar-refractivity contribution in [3.8, 4) is 0 Å². The number of hydrogen-bond acceptors (Lipinski definition) is 3. The zero-order valence-corrected chi connectivity index (χ0v) is 21.2. The van der Waals surface area contributed by atoms with Crippen molar-refractivity contribution in [2.75, 3.05) is 5.75 Å². The van der Waals surface area contributed by atoms with Crippen molar-refractivity contribution in [2.24, 2.45) is 0 Å². The summed E-state index contributed by atoms with van der Waals surface area (Å²) in [7, 11) is 0. The van der Waals surface area contributed by atoms with Gasteiger partial charge in [-0.05, 0) is 0 Å². The van der Waals surface area contributed by atoms with E-state index in [1.54, 1.807) is 0 Å². The van der Waals surface area contributed by atoms with Gasteiger partial charge in [0.25, 0.3) is 0 Å². The molecule has 4 aromatic rings. The van der Waals surface area contributed by atoms with Gasteiger partial charge in [-0.25, -0.2) is 0 Å². The second-order valence-electron chi connectivity index (χ2n) is 6.86. The molecule has 0 aliphatic heterocycles. The van der Waals surface area contributed by atoms with Gasteiger partial charge in [0, 0.05) is 0 Å². The Kier molecular flexibility index (Phi) is 7.02. The maximum atomic E-state index is 13.2. The van der Waals surface area contributed by atoms with Gasteiger partial charge in [0.05, 0.1) is 0 Å². The molecule has 4 aromatic carbocycles. The number of benzene rings is 4. The standard InChI is InChI=1S/C8H8O2S.3C6H5.Pb/c9-8(10)6-11-7-4-2-1-3-5-7;3*1-2-4-6-5-3-1;/h1-5H,6H2,(H,9,10);3*1-5H;/q;;;;+1/p-1. The molecule has 0 saturated heterocycles. The molecule has 0 amide bonds. The molecule has 0 aromatic heterocycles. The molecule has 0 aliphatic carbocycles. The Hall–Kier alpha value is -2.38. The predicted octanol–water partition coefficient (Wildman–Crippen LogP) is 3.99. The molecule has 0 unspecified atom stereocenters. The van der Waals surface area contributed by atoms with Gasteiger partial charge in [-0.3, -0.25) is 0 Å². The van der Waals surface area contributed by atoms with Crippen LogP contribution >= 0.6 is 11.8 Å². The van der Waals surface area contributed by atoms with Crippen molar-refractivity contribution in [1.82, 2.24) is 0 Å². The van der Waals surface area contributed by atoms with E-state index in [0.29, 0.717) is 0 Å². The third kappa shape index (κ3) is 4.68. The van der Waals surface area contributed by atoms with Gasteiger partial charge in [0.2, 0.25) is 0 Å². The van der Waals surface area contributed by atoms with Crippen LogP contribution < -0.4 is 9.37 Å². The van der Waals surface area contributed by atoms with Crippen molar-refractivity contribution >= 4 is 48.7 Å². The number of hydrogen-bond donors (Lipinski definition) is 0. The van der Waals surface area contributed by atoms with Crippen LogP contribution in [0.2, 0.25) is 0 Å².